The van der Waals surface area contributed by atoms with E-state index in [1.165, 1.54) is 0 Å². The van der Waals surface area contributed by atoms with Gasteiger partial charge in [0, 0.05) is 17.8 Å². The highest BCUT2D eigenvalue weighted by atomic mass is 16.2. The number of benzene rings is 1. The molecule has 0 bridgehead atoms. The lowest BCUT2D eigenvalue weighted by Gasteiger charge is -2.29. The molecule has 1 aromatic heterocycles. The zero-order valence-corrected chi connectivity index (χ0v) is 11.8. The Morgan fingerprint density at radius 2 is 2.05 bits per heavy atom. The number of amides is 1. The Morgan fingerprint density at radius 3 is 2.81 bits per heavy atom. The second kappa shape index (κ2) is 5.53. The summed E-state index contributed by atoms with van der Waals surface area (Å²) in [6.45, 7) is 0. The molecule has 3 rings (SSSR count). The van der Waals surface area contributed by atoms with E-state index in [9.17, 15) is 10.1 Å². The Balaban J connectivity index is 1.91. The molecule has 0 aliphatic heterocycles. The standard InChI is InChI=1S/C17H17N3O/c18-12-17(8-2-1-3-9-17)16(21)20-15-6-4-5-13-7-10-19-11-14(13)15/h4-7,10-11H,1-3,8-9H2,(H,20,21). The van der Waals surface area contributed by atoms with Crippen molar-refractivity contribution in [1.29, 1.82) is 5.26 Å². The third-order valence-corrected chi connectivity index (χ3v) is 4.29. The van der Waals surface area contributed by atoms with Gasteiger partial charge in [-0.2, -0.15) is 5.26 Å². The fourth-order valence-electron chi connectivity index (χ4n) is 3.01. The van der Waals surface area contributed by atoms with Gasteiger partial charge in [-0.15, -0.1) is 0 Å². The smallest absolute Gasteiger partial charge is 0.244 e. The molecular formula is C17H17N3O. The summed E-state index contributed by atoms with van der Waals surface area (Å²) in [6.07, 6.45) is 7.76. The molecule has 1 aliphatic carbocycles. The maximum atomic E-state index is 12.6. The molecule has 0 saturated heterocycles. The number of fused-ring (bicyclic) bond motifs is 1. The average molecular weight is 279 g/mol. The second-order valence-electron chi connectivity index (χ2n) is 5.61. The lowest BCUT2D eigenvalue weighted by molar-refractivity contribution is -0.124. The highest BCUT2D eigenvalue weighted by Crippen LogP contribution is 2.37. The van der Waals surface area contributed by atoms with Crippen LogP contribution in [0, 0.1) is 16.7 Å². The molecule has 0 atom stereocenters. The molecule has 4 heteroatoms. The normalized spacial score (nSPS) is 17.1. The Labute approximate surface area is 123 Å². The maximum absolute atomic E-state index is 12.6. The molecule has 1 aliphatic rings. The van der Waals surface area contributed by atoms with Gasteiger partial charge in [0.05, 0.1) is 11.8 Å². The lowest BCUT2D eigenvalue weighted by atomic mass is 9.74. The molecule has 2 aromatic rings. The molecule has 0 radical (unpaired) electrons. The molecule has 1 N–H and O–H groups in total. The van der Waals surface area contributed by atoms with Crippen LogP contribution in [-0.2, 0) is 4.79 Å². The maximum Gasteiger partial charge on any atom is 0.244 e. The number of hydrogen-bond donors (Lipinski definition) is 1. The number of pyridine rings is 1. The number of hydrogen-bond acceptors (Lipinski definition) is 3. The van der Waals surface area contributed by atoms with E-state index in [-0.39, 0.29) is 5.91 Å². The Morgan fingerprint density at radius 1 is 1.24 bits per heavy atom. The fraction of sp³-hybridized carbons (Fsp3) is 0.353. The van der Waals surface area contributed by atoms with Crippen molar-refractivity contribution in [3.8, 4) is 6.07 Å². The van der Waals surface area contributed by atoms with Gasteiger partial charge in [-0.25, -0.2) is 0 Å². The molecule has 106 valence electrons. The van der Waals surface area contributed by atoms with Crippen LogP contribution >= 0.6 is 0 Å². The van der Waals surface area contributed by atoms with E-state index in [4.69, 9.17) is 0 Å². The number of nitrogens with zero attached hydrogens (tertiary/aromatic N) is 2. The van der Waals surface area contributed by atoms with Gasteiger partial charge in [-0.05, 0) is 30.4 Å². The predicted octanol–water partition coefficient (Wildman–Crippen LogP) is 3.65. The minimum absolute atomic E-state index is 0.180. The Bertz CT molecular complexity index is 706. The van der Waals surface area contributed by atoms with Crippen molar-refractivity contribution in [2.75, 3.05) is 5.32 Å². The third kappa shape index (κ3) is 2.47. The fourth-order valence-corrected chi connectivity index (χ4v) is 3.01. The van der Waals surface area contributed by atoms with Crippen LogP contribution in [0.15, 0.2) is 36.7 Å². The first kappa shape index (κ1) is 13.6. The van der Waals surface area contributed by atoms with Crippen molar-refractivity contribution in [3.05, 3.63) is 36.7 Å². The van der Waals surface area contributed by atoms with Crippen LogP contribution in [-0.4, -0.2) is 10.9 Å². The minimum Gasteiger partial charge on any atom is -0.324 e. The van der Waals surface area contributed by atoms with Gasteiger partial charge in [0.1, 0.15) is 5.41 Å². The van der Waals surface area contributed by atoms with Crippen molar-refractivity contribution >= 4 is 22.4 Å². The van der Waals surface area contributed by atoms with E-state index in [1.807, 2.05) is 24.3 Å². The van der Waals surface area contributed by atoms with Crippen LogP contribution in [0.1, 0.15) is 32.1 Å². The summed E-state index contributed by atoms with van der Waals surface area (Å²) in [5.74, 6) is -0.180. The quantitative estimate of drug-likeness (QED) is 0.912. The van der Waals surface area contributed by atoms with Crippen molar-refractivity contribution in [3.63, 3.8) is 0 Å². The van der Waals surface area contributed by atoms with Crippen LogP contribution in [0.4, 0.5) is 5.69 Å². The number of aromatic nitrogens is 1. The molecule has 0 spiro atoms. The molecule has 1 amide bonds. The van der Waals surface area contributed by atoms with E-state index in [2.05, 4.69) is 16.4 Å². The molecule has 1 saturated carbocycles. The number of anilines is 1. The average Bonchev–Trinajstić information content (AvgIpc) is 2.56. The Hall–Kier alpha value is -2.41. The lowest BCUT2D eigenvalue weighted by Crippen LogP contribution is -2.36. The van der Waals surface area contributed by atoms with Crippen molar-refractivity contribution in [2.45, 2.75) is 32.1 Å². The third-order valence-electron chi connectivity index (χ3n) is 4.29. The SMILES string of the molecule is N#CC1(C(=O)Nc2cccc3ccncc23)CCCCC1. The van der Waals surface area contributed by atoms with Gasteiger partial charge in [0.25, 0.3) is 0 Å². The molecular weight excluding hydrogens is 262 g/mol. The van der Waals surface area contributed by atoms with Gasteiger partial charge >= 0.3 is 0 Å². The summed E-state index contributed by atoms with van der Waals surface area (Å²) in [5.41, 5.74) is -0.145. The summed E-state index contributed by atoms with van der Waals surface area (Å²) in [6, 6.07) is 9.90. The van der Waals surface area contributed by atoms with Crippen molar-refractivity contribution in [1.82, 2.24) is 4.98 Å². The second-order valence-corrected chi connectivity index (χ2v) is 5.61. The van der Waals surface area contributed by atoms with Gasteiger partial charge in [-0.3, -0.25) is 9.78 Å². The van der Waals surface area contributed by atoms with Crippen molar-refractivity contribution < 1.29 is 4.79 Å². The van der Waals surface area contributed by atoms with Crippen LogP contribution in [0.3, 0.4) is 0 Å². The number of carbonyl (C=O) groups excluding carboxylic acids is 1. The van der Waals surface area contributed by atoms with Crippen LogP contribution in [0.5, 0.6) is 0 Å². The number of nitrogens with one attached hydrogen (secondary N) is 1. The molecule has 1 heterocycles. The van der Waals surface area contributed by atoms with Crippen LogP contribution in [0.25, 0.3) is 10.8 Å². The molecule has 1 aromatic carbocycles. The van der Waals surface area contributed by atoms with E-state index < -0.39 is 5.41 Å². The topological polar surface area (TPSA) is 65.8 Å². The largest absolute Gasteiger partial charge is 0.324 e. The first-order valence-corrected chi connectivity index (χ1v) is 7.31. The van der Waals surface area contributed by atoms with Gasteiger partial charge in [0.2, 0.25) is 5.91 Å². The summed E-state index contributed by atoms with van der Waals surface area (Å²) in [7, 11) is 0. The highest BCUT2D eigenvalue weighted by molar-refractivity contribution is 6.04. The monoisotopic (exact) mass is 279 g/mol. The van der Waals surface area contributed by atoms with Crippen LogP contribution in [0.2, 0.25) is 0 Å². The van der Waals surface area contributed by atoms with Crippen LogP contribution < -0.4 is 5.32 Å². The molecule has 21 heavy (non-hydrogen) atoms. The van der Waals surface area contributed by atoms with Gasteiger partial charge < -0.3 is 5.32 Å². The summed E-state index contributed by atoms with van der Waals surface area (Å²) >= 11 is 0. The van der Waals surface area contributed by atoms with E-state index >= 15 is 0 Å². The summed E-state index contributed by atoms with van der Waals surface area (Å²) in [4.78, 5) is 16.7. The zero-order chi connectivity index (χ0) is 14.7. The summed E-state index contributed by atoms with van der Waals surface area (Å²) in [5, 5.41) is 14.4. The first-order chi connectivity index (χ1) is 10.2. The van der Waals surface area contributed by atoms with E-state index in [0.29, 0.717) is 12.8 Å². The van der Waals surface area contributed by atoms with Crippen molar-refractivity contribution in [2.24, 2.45) is 5.41 Å². The molecule has 0 unspecified atom stereocenters. The zero-order valence-electron chi connectivity index (χ0n) is 11.8. The highest BCUT2D eigenvalue weighted by Gasteiger charge is 2.39. The number of nitriles is 1. The van der Waals surface area contributed by atoms with E-state index in [0.717, 1.165) is 35.7 Å². The van der Waals surface area contributed by atoms with Gasteiger partial charge in [0.15, 0.2) is 0 Å². The predicted molar refractivity (Wildman–Crippen MR) is 81.5 cm³/mol. The molecule has 1 fully saturated rings. The van der Waals surface area contributed by atoms with Gasteiger partial charge in [-0.1, -0.05) is 31.4 Å². The number of rotatable bonds is 2. The first-order valence-electron chi connectivity index (χ1n) is 7.31. The number of carbonyl (C=O) groups is 1. The minimum atomic E-state index is -0.872. The Kier molecular flexibility index (Phi) is 3.57. The molecule has 4 nitrogen and oxygen atoms in total. The van der Waals surface area contributed by atoms with E-state index in [1.54, 1.807) is 12.4 Å². The summed E-state index contributed by atoms with van der Waals surface area (Å²) < 4.78 is 0.